The minimum Gasteiger partial charge on any atom is -0.323 e. The molecule has 0 saturated carbocycles. The molecule has 0 aliphatic heterocycles. The first-order valence-corrected chi connectivity index (χ1v) is 6.90. The van der Waals surface area contributed by atoms with E-state index in [2.05, 4.69) is 10.4 Å². The number of rotatable bonds is 3. The van der Waals surface area contributed by atoms with Crippen molar-refractivity contribution in [2.75, 3.05) is 5.32 Å². The van der Waals surface area contributed by atoms with Crippen LogP contribution in [0, 0.1) is 13.8 Å². The topological polar surface area (TPSA) is 46.9 Å². The molecule has 20 heavy (non-hydrogen) atoms. The minimum atomic E-state index is -0.119. The van der Waals surface area contributed by atoms with Crippen molar-refractivity contribution in [3.8, 4) is 0 Å². The number of benzene rings is 1. The molecule has 1 heterocycles. The Labute approximate surface area is 127 Å². The van der Waals surface area contributed by atoms with Gasteiger partial charge in [0.05, 0.1) is 23.6 Å². The number of amides is 1. The van der Waals surface area contributed by atoms with Gasteiger partial charge in [-0.05, 0) is 26.0 Å². The Kier molecular flexibility index (Phi) is 4.35. The van der Waals surface area contributed by atoms with Gasteiger partial charge in [-0.15, -0.1) is 0 Å². The molecular weight excluding hydrogens is 297 g/mol. The molecule has 0 aliphatic carbocycles. The number of hydrogen-bond donors (Lipinski definition) is 1. The molecule has 2 aromatic rings. The first kappa shape index (κ1) is 14.9. The average molecular weight is 312 g/mol. The number of halogens is 2. The fourth-order valence-electron chi connectivity index (χ4n) is 2.04. The van der Waals surface area contributed by atoms with Crippen LogP contribution in [0.15, 0.2) is 18.2 Å². The molecular formula is C14H15Cl2N3O. The van der Waals surface area contributed by atoms with Crippen molar-refractivity contribution in [3.63, 3.8) is 0 Å². The Balaban J connectivity index is 2.38. The van der Waals surface area contributed by atoms with Gasteiger partial charge in [-0.3, -0.25) is 9.48 Å². The van der Waals surface area contributed by atoms with Crippen molar-refractivity contribution in [2.24, 2.45) is 0 Å². The zero-order valence-corrected chi connectivity index (χ0v) is 13.0. The standard InChI is InChI=1S/C14H15Cl2N3O/c1-8-14(17-10(3)20)9(2)19(18-8)7-11-12(15)5-4-6-13(11)16/h4-6H,7H2,1-3H3,(H,17,20). The predicted molar refractivity (Wildman–Crippen MR) is 81.6 cm³/mol. The van der Waals surface area contributed by atoms with Gasteiger partial charge in [-0.1, -0.05) is 29.3 Å². The van der Waals surface area contributed by atoms with Crippen molar-refractivity contribution in [2.45, 2.75) is 27.3 Å². The average Bonchev–Trinajstić information content (AvgIpc) is 2.61. The Bertz CT molecular complexity index is 644. The largest absolute Gasteiger partial charge is 0.323 e. The zero-order valence-electron chi connectivity index (χ0n) is 11.5. The second kappa shape index (κ2) is 5.85. The van der Waals surface area contributed by atoms with E-state index in [0.717, 1.165) is 22.6 Å². The third-order valence-electron chi connectivity index (χ3n) is 3.05. The van der Waals surface area contributed by atoms with Crippen LogP contribution in [0.3, 0.4) is 0 Å². The molecule has 0 saturated heterocycles. The third kappa shape index (κ3) is 2.97. The van der Waals surface area contributed by atoms with E-state index in [4.69, 9.17) is 23.2 Å². The molecule has 2 rings (SSSR count). The number of carbonyl (C=O) groups excluding carboxylic acids is 1. The Hall–Kier alpha value is -1.52. The van der Waals surface area contributed by atoms with Crippen LogP contribution in [-0.4, -0.2) is 15.7 Å². The van der Waals surface area contributed by atoms with Crippen LogP contribution < -0.4 is 5.32 Å². The summed E-state index contributed by atoms with van der Waals surface area (Å²) in [6, 6.07) is 5.39. The van der Waals surface area contributed by atoms with E-state index >= 15 is 0 Å². The third-order valence-corrected chi connectivity index (χ3v) is 3.76. The van der Waals surface area contributed by atoms with E-state index in [1.165, 1.54) is 6.92 Å². The lowest BCUT2D eigenvalue weighted by Gasteiger charge is -2.09. The zero-order chi connectivity index (χ0) is 14.9. The quantitative estimate of drug-likeness (QED) is 0.936. The summed E-state index contributed by atoms with van der Waals surface area (Å²) in [5, 5.41) is 8.42. The highest BCUT2D eigenvalue weighted by Crippen LogP contribution is 2.27. The molecule has 1 amide bonds. The van der Waals surface area contributed by atoms with Gasteiger partial charge in [-0.2, -0.15) is 5.10 Å². The highest BCUT2D eigenvalue weighted by atomic mass is 35.5. The van der Waals surface area contributed by atoms with Crippen LogP contribution in [0.1, 0.15) is 23.9 Å². The molecule has 0 radical (unpaired) electrons. The molecule has 1 aromatic carbocycles. The Morgan fingerprint density at radius 2 is 1.90 bits per heavy atom. The smallest absolute Gasteiger partial charge is 0.221 e. The van der Waals surface area contributed by atoms with Crippen molar-refractivity contribution in [3.05, 3.63) is 45.2 Å². The summed E-state index contributed by atoms with van der Waals surface area (Å²) >= 11 is 12.3. The van der Waals surface area contributed by atoms with Gasteiger partial charge in [0.15, 0.2) is 0 Å². The molecule has 0 aliphatic rings. The monoisotopic (exact) mass is 311 g/mol. The maximum absolute atomic E-state index is 11.2. The summed E-state index contributed by atoms with van der Waals surface area (Å²) in [5.41, 5.74) is 3.19. The van der Waals surface area contributed by atoms with Gasteiger partial charge in [0.25, 0.3) is 0 Å². The van der Waals surface area contributed by atoms with E-state index in [1.54, 1.807) is 22.9 Å². The maximum atomic E-state index is 11.2. The van der Waals surface area contributed by atoms with Crippen LogP contribution in [-0.2, 0) is 11.3 Å². The summed E-state index contributed by atoms with van der Waals surface area (Å²) in [5.74, 6) is -0.119. The van der Waals surface area contributed by atoms with Crippen LogP contribution >= 0.6 is 23.2 Å². The molecule has 0 spiro atoms. The second-order valence-corrected chi connectivity index (χ2v) is 5.40. The molecule has 1 aromatic heterocycles. The summed E-state index contributed by atoms with van der Waals surface area (Å²) in [4.78, 5) is 11.2. The summed E-state index contributed by atoms with van der Waals surface area (Å²) in [6.45, 7) is 5.69. The number of nitrogens with one attached hydrogen (secondary N) is 1. The predicted octanol–water partition coefficient (Wildman–Crippen LogP) is 3.81. The minimum absolute atomic E-state index is 0.119. The van der Waals surface area contributed by atoms with Crippen molar-refractivity contribution >= 4 is 34.8 Å². The maximum Gasteiger partial charge on any atom is 0.221 e. The lowest BCUT2D eigenvalue weighted by Crippen LogP contribution is -2.09. The number of nitrogens with zero attached hydrogens (tertiary/aromatic N) is 2. The molecule has 106 valence electrons. The van der Waals surface area contributed by atoms with E-state index in [0.29, 0.717) is 16.6 Å². The lowest BCUT2D eigenvalue weighted by molar-refractivity contribution is -0.114. The molecule has 0 unspecified atom stereocenters. The fraction of sp³-hybridized carbons (Fsp3) is 0.286. The van der Waals surface area contributed by atoms with E-state index in [1.807, 2.05) is 13.8 Å². The number of aryl methyl sites for hydroxylation is 1. The number of aromatic nitrogens is 2. The molecule has 0 atom stereocenters. The summed E-state index contributed by atoms with van der Waals surface area (Å²) in [6.07, 6.45) is 0. The van der Waals surface area contributed by atoms with Crippen LogP contribution in [0.2, 0.25) is 10.0 Å². The Morgan fingerprint density at radius 1 is 1.30 bits per heavy atom. The number of anilines is 1. The van der Waals surface area contributed by atoms with Gasteiger partial charge < -0.3 is 5.32 Å². The van der Waals surface area contributed by atoms with Crippen LogP contribution in [0.25, 0.3) is 0 Å². The van der Waals surface area contributed by atoms with Crippen molar-refractivity contribution in [1.29, 1.82) is 0 Å². The van der Waals surface area contributed by atoms with Crippen LogP contribution in [0.4, 0.5) is 5.69 Å². The summed E-state index contributed by atoms with van der Waals surface area (Å²) in [7, 11) is 0. The van der Waals surface area contributed by atoms with E-state index in [9.17, 15) is 4.79 Å². The molecule has 4 nitrogen and oxygen atoms in total. The van der Waals surface area contributed by atoms with Crippen molar-refractivity contribution in [1.82, 2.24) is 9.78 Å². The SMILES string of the molecule is CC(=O)Nc1c(C)nn(Cc2c(Cl)cccc2Cl)c1C. The highest BCUT2D eigenvalue weighted by molar-refractivity contribution is 6.35. The second-order valence-electron chi connectivity index (χ2n) is 4.58. The first-order valence-electron chi connectivity index (χ1n) is 6.14. The van der Waals surface area contributed by atoms with Gasteiger partial charge in [0.2, 0.25) is 5.91 Å². The number of carbonyl (C=O) groups is 1. The highest BCUT2D eigenvalue weighted by Gasteiger charge is 2.14. The fourth-order valence-corrected chi connectivity index (χ4v) is 2.56. The molecule has 0 fully saturated rings. The Morgan fingerprint density at radius 3 is 2.45 bits per heavy atom. The molecule has 6 heteroatoms. The summed E-state index contributed by atoms with van der Waals surface area (Å²) < 4.78 is 1.79. The normalized spacial score (nSPS) is 10.7. The lowest BCUT2D eigenvalue weighted by atomic mass is 10.2. The van der Waals surface area contributed by atoms with Crippen molar-refractivity contribution < 1.29 is 4.79 Å². The van der Waals surface area contributed by atoms with Crippen LogP contribution in [0.5, 0.6) is 0 Å². The van der Waals surface area contributed by atoms with Gasteiger partial charge >= 0.3 is 0 Å². The van der Waals surface area contributed by atoms with Gasteiger partial charge in [0, 0.05) is 22.5 Å². The van der Waals surface area contributed by atoms with Gasteiger partial charge in [-0.25, -0.2) is 0 Å². The van der Waals surface area contributed by atoms with E-state index < -0.39 is 0 Å². The molecule has 1 N–H and O–H groups in total. The van der Waals surface area contributed by atoms with E-state index in [-0.39, 0.29) is 5.91 Å². The first-order chi connectivity index (χ1) is 9.40. The van der Waals surface area contributed by atoms with Gasteiger partial charge in [0.1, 0.15) is 0 Å². The molecule has 0 bridgehead atoms. The number of hydrogen-bond acceptors (Lipinski definition) is 2.